The molecule has 28 heavy (non-hydrogen) atoms. The van der Waals surface area contributed by atoms with Gasteiger partial charge in [-0.15, -0.1) is 0 Å². The Morgan fingerprint density at radius 2 is 1.79 bits per heavy atom. The molecule has 3 aromatic carbocycles. The fourth-order valence-electron chi connectivity index (χ4n) is 2.97. The highest BCUT2D eigenvalue weighted by Crippen LogP contribution is 2.24. The number of hydrogen-bond donors (Lipinski definition) is 2. The maximum Gasteiger partial charge on any atom is 0.491 e. The van der Waals surface area contributed by atoms with Crippen LogP contribution in [-0.4, -0.2) is 18.0 Å². The molecule has 0 aromatic heterocycles. The molecule has 0 radical (unpaired) electrons. The Kier molecular flexibility index (Phi) is 5.10. The maximum atomic E-state index is 12.9. The van der Waals surface area contributed by atoms with Crippen molar-refractivity contribution in [3.05, 3.63) is 89.2 Å². The van der Waals surface area contributed by atoms with Gasteiger partial charge in [-0.25, -0.2) is 4.39 Å². The van der Waals surface area contributed by atoms with Crippen molar-refractivity contribution in [2.45, 2.75) is 13.2 Å². The number of fused-ring (bicyclic) bond motifs is 1. The van der Waals surface area contributed by atoms with E-state index < -0.39 is 7.12 Å². The van der Waals surface area contributed by atoms with Gasteiger partial charge in [0.05, 0.1) is 6.61 Å². The van der Waals surface area contributed by atoms with Gasteiger partial charge >= 0.3 is 7.12 Å². The van der Waals surface area contributed by atoms with E-state index in [9.17, 15) is 14.2 Å². The summed E-state index contributed by atoms with van der Waals surface area (Å²) in [7, 11) is -0.867. The third-order valence-electron chi connectivity index (χ3n) is 4.50. The quantitative estimate of drug-likeness (QED) is 0.671. The molecule has 1 aliphatic heterocycles. The van der Waals surface area contributed by atoms with Gasteiger partial charge in [-0.05, 0) is 65.1 Å². The maximum absolute atomic E-state index is 12.9. The van der Waals surface area contributed by atoms with Crippen molar-refractivity contribution in [2.24, 2.45) is 0 Å². The van der Waals surface area contributed by atoms with Gasteiger partial charge in [-0.1, -0.05) is 18.2 Å². The first kappa shape index (κ1) is 18.2. The van der Waals surface area contributed by atoms with E-state index in [-0.39, 0.29) is 11.7 Å². The molecule has 0 saturated carbocycles. The summed E-state index contributed by atoms with van der Waals surface area (Å²) < 4.78 is 23.9. The molecule has 7 heteroatoms. The van der Waals surface area contributed by atoms with Crippen LogP contribution in [0.3, 0.4) is 0 Å². The summed E-state index contributed by atoms with van der Waals surface area (Å²) in [6, 6.07) is 18.2. The molecule has 1 amide bonds. The number of amides is 1. The van der Waals surface area contributed by atoms with Crippen LogP contribution >= 0.6 is 0 Å². The topological polar surface area (TPSA) is 67.8 Å². The zero-order valence-electron chi connectivity index (χ0n) is 14.9. The Labute approximate surface area is 161 Å². The van der Waals surface area contributed by atoms with E-state index >= 15 is 0 Å². The van der Waals surface area contributed by atoms with E-state index in [0.29, 0.717) is 30.2 Å². The van der Waals surface area contributed by atoms with Gasteiger partial charge in [-0.3, -0.25) is 4.79 Å². The van der Waals surface area contributed by atoms with Crippen molar-refractivity contribution < 1.29 is 23.6 Å². The molecule has 140 valence electrons. The molecule has 0 spiro atoms. The van der Waals surface area contributed by atoms with E-state index in [1.807, 2.05) is 30.3 Å². The molecule has 2 N–H and O–H groups in total. The minimum atomic E-state index is -0.867. The molecule has 0 fully saturated rings. The van der Waals surface area contributed by atoms with Crippen LogP contribution in [0, 0.1) is 5.82 Å². The fourth-order valence-corrected chi connectivity index (χ4v) is 2.97. The van der Waals surface area contributed by atoms with Crippen molar-refractivity contribution in [3.63, 3.8) is 0 Å². The van der Waals surface area contributed by atoms with Gasteiger partial charge in [0.15, 0.2) is 0 Å². The van der Waals surface area contributed by atoms with Crippen LogP contribution in [0.25, 0.3) is 0 Å². The minimum Gasteiger partial charge on any atom is -0.457 e. The first-order chi connectivity index (χ1) is 13.6. The predicted molar refractivity (Wildman–Crippen MR) is 103 cm³/mol. The van der Waals surface area contributed by atoms with E-state index in [0.717, 1.165) is 16.6 Å². The highest BCUT2D eigenvalue weighted by Gasteiger charge is 2.27. The number of rotatable bonds is 5. The Hall–Kier alpha value is -3.16. The number of ether oxygens (including phenoxy) is 1. The number of nitrogens with one attached hydrogen (secondary N) is 1. The van der Waals surface area contributed by atoms with E-state index in [1.54, 1.807) is 12.1 Å². The number of benzene rings is 3. The van der Waals surface area contributed by atoms with Crippen LogP contribution < -0.4 is 15.5 Å². The smallest absolute Gasteiger partial charge is 0.457 e. The standard InChI is InChI=1S/C21H17BFNO4/c23-17-5-3-15(4-6-17)21(25)24-12-14-1-7-18(8-2-14)28-19-9-10-20-16(11-19)13-27-22(20)26/h1-11,26H,12-13H2,(H,24,25). The third-order valence-corrected chi connectivity index (χ3v) is 4.50. The second kappa shape index (κ2) is 7.84. The van der Waals surface area contributed by atoms with Crippen LogP contribution in [-0.2, 0) is 17.8 Å². The Bertz CT molecular complexity index is 992. The first-order valence-electron chi connectivity index (χ1n) is 8.81. The monoisotopic (exact) mass is 377 g/mol. The summed E-state index contributed by atoms with van der Waals surface area (Å²) in [6.45, 7) is 0.713. The molecular formula is C21H17BFNO4. The minimum absolute atomic E-state index is 0.261. The fraction of sp³-hybridized carbons (Fsp3) is 0.0952. The molecule has 1 heterocycles. The van der Waals surface area contributed by atoms with Gasteiger partial charge in [0.1, 0.15) is 17.3 Å². The summed E-state index contributed by atoms with van der Waals surface area (Å²) in [5.74, 6) is 0.684. The number of hydrogen-bond acceptors (Lipinski definition) is 4. The van der Waals surface area contributed by atoms with Crippen LogP contribution in [0.15, 0.2) is 66.7 Å². The zero-order chi connectivity index (χ0) is 19.5. The molecule has 4 rings (SSSR count). The van der Waals surface area contributed by atoms with Gasteiger partial charge in [0.2, 0.25) is 0 Å². The largest absolute Gasteiger partial charge is 0.491 e. The average Bonchev–Trinajstić information content (AvgIpc) is 3.08. The van der Waals surface area contributed by atoms with Crippen LogP contribution in [0.4, 0.5) is 4.39 Å². The molecular weight excluding hydrogens is 360 g/mol. The molecule has 3 aromatic rings. The van der Waals surface area contributed by atoms with Crippen LogP contribution in [0.2, 0.25) is 0 Å². The Balaban J connectivity index is 1.35. The molecule has 0 atom stereocenters. The van der Waals surface area contributed by atoms with Crippen molar-refractivity contribution in [1.29, 1.82) is 0 Å². The SMILES string of the molecule is O=C(NCc1ccc(Oc2ccc3c(c2)COB3O)cc1)c1ccc(F)cc1. The lowest BCUT2D eigenvalue weighted by molar-refractivity contribution is 0.0951. The highest BCUT2D eigenvalue weighted by atomic mass is 19.1. The lowest BCUT2D eigenvalue weighted by Gasteiger charge is -2.09. The van der Waals surface area contributed by atoms with Gasteiger partial charge < -0.3 is 19.7 Å². The molecule has 0 bridgehead atoms. The van der Waals surface area contributed by atoms with Crippen LogP contribution in [0.1, 0.15) is 21.5 Å². The molecule has 1 aliphatic rings. The number of carbonyl (C=O) groups is 1. The summed E-state index contributed by atoms with van der Waals surface area (Å²) >= 11 is 0. The lowest BCUT2D eigenvalue weighted by Crippen LogP contribution is -2.27. The average molecular weight is 377 g/mol. The summed E-state index contributed by atoms with van der Waals surface area (Å²) in [6.07, 6.45) is 0. The molecule has 0 unspecified atom stereocenters. The second-order valence-corrected chi connectivity index (χ2v) is 6.46. The molecule has 0 aliphatic carbocycles. The lowest BCUT2D eigenvalue weighted by atomic mass is 9.80. The van der Waals surface area contributed by atoms with Gasteiger partial charge in [-0.2, -0.15) is 0 Å². The summed E-state index contributed by atoms with van der Waals surface area (Å²) in [5.41, 5.74) is 2.99. The predicted octanol–water partition coefficient (Wildman–Crippen LogP) is 2.77. The van der Waals surface area contributed by atoms with Gasteiger partial charge in [0, 0.05) is 12.1 Å². The first-order valence-corrected chi connectivity index (χ1v) is 8.81. The van der Waals surface area contributed by atoms with E-state index in [2.05, 4.69) is 5.32 Å². The van der Waals surface area contributed by atoms with E-state index in [1.165, 1.54) is 24.3 Å². The molecule has 0 saturated heterocycles. The number of halogens is 1. The van der Waals surface area contributed by atoms with Gasteiger partial charge in [0.25, 0.3) is 5.91 Å². The Morgan fingerprint density at radius 1 is 1.07 bits per heavy atom. The highest BCUT2D eigenvalue weighted by molar-refractivity contribution is 6.61. The third kappa shape index (κ3) is 4.06. The zero-order valence-corrected chi connectivity index (χ0v) is 14.9. The van der Waals surface area contributed by atoms with Crippen LogP contribution in [0.5, 0.6) is 11.5 Å². The number of carbonyl (C=O) groups excluding carboxylic acids is 1. The van der Waals surface area contributed by atoms with Crippen molar-refractivity contribution in [1.82, 2.24) is 5.32 Å². The summed E-state index contributed by atoms with van der Waals surface area (Å²) in [5, 5.41) is 12.5. The van der Waals surface area contributed by atoms with E-state index in [4.69, 9.17) is 9.39 Å². The summed E-state index contributed by atoms with van der Waals surface area (Å²) in [4.78, 5) is 12.1. The van der Waals surface area contributed by atoms with Crippen molar-refractivity contribution in [2.75, 3.05) is 0 Å². The van der Waals surface area contributed by atoms with Crippen molar-refractivity contribution >= 4 is 18.5 Å². The normalized spacial score (nSPS) is 12.6. The Morgan fingerprint density at radius 3 is 2.54 bits per heavy atom. The molecule has 5 nitrogen and oxygen atoms in total. The van der Waals surface area contributed by atoms with Crippen molar-refractivity contribution in [3.8, 4) is 11.5 Å². The second-order valence-electron chi connectivity index (χ2n) is 6.46.